The van der Waals surface area contributed by atoms with Crippen LogP contribution < -0.4 is 4.90 Å². The SMILES string of the molecule is O=C(c1cnc(N2CCC(c3noc(C4CC4)n3)CC2)c(Cl)c1)N1CCCCC1. The van der Waals surface area contributed by atoms with Gasteiger partial charge in [0.1, 0.15) is 5.82 Å². The van der Waals surface area contributed by atoms with E-state index in [0.717, 1.165) is 69.4 Å². The number of hydrogen-bond donors (Lipinski definition) is 0. The van der Waals surface area contributed by atoms with E-state index in [2.05, 4.69) is 20.0 Å². The molecule has 1 aliphatic carbocycles. The number of carbonyl (C=O) groups is 1. The van der Waals surface area contributed by atoms with Gasteiger partial charge in [0.2, 0.25) is 5.89 Å². The van der Waals surface area contributed by atoms with E-state index in [0.29, 0.717) is 22.4 Å². The van der Waals surface area contributed by atoms with Gasteiger partial charge in [-0.1, -0.05) is 16.8 Å². The molecule has 3 fully saturated rings. The van der Waals surface area contributed by atoms with Crippen molar-refractivity contribution in [2.24, 2.45) is 0 Å². The number of piperidine rings is 2. The molecule has 0 N–H and O–H groups in total. The molecule has 2 aromatic heterocycles. The highest BCUT2D eigenvalue weighted by Crippen LogP contribution is 2.40. The van der Waals surface area contributed by atoms with Crippen molar-refractivity contribution in [1.29, 1.82) is 0 Å². The van der Waals surface area contributed by atoms with Crippen LogP contribution in [-0.4, -0.2) is 52.1 Å². The van der Waals surface area contributed by atoms with Crippen molar-refractivity contribution in [3.8, 4) is 0 Å². The molecule has 154 valence electrons. The van der Waals surface area contributed by atoms with Crippen LogP contribution in [0.3, 0.4) is 0 Å². The Kier molecular flexibility index (Phi) is 5.16. The highest BCUT2D eigenvalue weighted by molar-refractivity contribution is 6.33. The molecule has 1 saturated carbocycles. The smallest absolute Gasteiger partial charge is 0.255 e. The molecule has 0 unspecified atom stereocenters. The van der Waals surface area contributed by atoms with Crippen molar-refractivity contribution < 1.29 is 9.32 Å². The lowest BCUT2D eigenvalue weighted by molar-refractivity contribution is 0.0724. The third kappa shape index (κ3) is 3.97. The fourth-order valence-electron chi connectivity index (χ4n) is 4.32. The molecule has 1 amide bonds. The average Bonchev–Trinajstić information content (AvgIpc) is 3.50. The topological polar surface area (TPSA) is 75.4 Å². The van der Waals surface area contributed by atoms with Crippen LogP contribution in [0.1, 0.15) is 78.9 Å². The van der Waals surface area contributed by atoms with E-state index in [1.165, 1.54) is 19.3 Å². The Morgan fingerprint density at radius 1 is 1.03 bits per heavy atom. The second-order valence-corrected chi connectivity index (χ2v) is 8.82. The predicted octanol–water partition coefficient (Wildman–Crippen LogP) is 4.01. The van der Waals surface area contributed by atoms with Gasteiger partial charge >= 0.3 is 0 Å². The normalized spacial score (nSPS) is 20.9. The average molecular weight is 416 g/mol. The Labute approximate surface area is 175 Å². The number of halogens is 1. The van der Waals surface area contributed by atoms with Gasteiger partial charge in [-0.15, -0.1) is 0 Å². The molecular formula is C21H26ClN5O2. The molecule has 3 aliphatic rings. The number of anilines is 1. The summed E-state index contributed by atoms with van der Waals surface area (Å²) in [6.07, 6.45) is 9.23. The lowest BCUT2D eigenvalue weighted by atomic mass is 9.96. The fraction of sp³-hybridized carbons (Fsp3) is 0.619. The van der Waals surface area contributed by atoms with Crippen LogP contribution in [0.4, 0.5) is 5.82 Å². The highest BCUT2D eigenvalue weighted by atomic mass is 35.5. The number of hydrogen-bond acceptors (Lipinski definition) is 6. The van der Waals surface area contributed by atoms with Crippen LogP contribution in [0.25, 0.3) is 0 Å². The van der Waals surface area contributed by atoms with Gasteiger partial charge < -0.3 is 14.3 Å². The molecule has 29 heavy (non-hydrogen) atoms. The maximum absolute atomic E-state index is 12.7. The number of amides is 1. The summed E-state index contributed by atoms with van der Waals surface area (Å²) < 4.78 is 5.41. The number of rotatable bonds is 4. The second kappa shape index (κ2) is 7.94. The standard InChI is InChI=1S/C21H26ClN5O2/c22-17-12-16(21(28)27-8-2-1-3-9-27)13-23-19(17)26-10-6-14(7-11-26)18-24-20(29-25-18)15-4-5-15/h12-15H,1-11H2. The van der Waals surface area contributed by atoms with Gasteiger partial charge in [0.05, 0.1) is 10.6 Å². The molecule has 2 aromatic rings. The van der Waals surface area contributed by atoms with Crippen molar-refractivity contribution in [2.75, 3.05) is 31.1 Å². The first-order chi connectivity index (χ1) is 14.2. The lowest BCUT2D eigenvalue weighted by Gasteiger charge is -2.32. The Morgan fingerprint density at radius 2 is 1.79 bits per heavy atom. The molecule has 5 rings (SSSR count). The first-order valence-corrected chi connectivity index (χ1v) is 11.1. The number of carbonyl (C=O) groups excluding carboxylic acids is 1. The summed E-state index contributed by atoms with van der Waals surface area (Å²) >= 11 is 6.53. The van der Waals surface area contributed by atoms with Crippen molar-refractivity contribution in [3.63, 3.8) is 0 Å². The lowest BCUT2D eigenvalue weighted by Crippen LogP contribution is -2.36. The predicted molar refractivity (Wildman–Crippen MR) is 109 cm³/mol. The van der Waals surface area contributed by atoms with Gasteiger partial charge in [-0.05, 0) is 51.0 Å². The van der Waals surface area contributed by atoms with Gasteiger partial charge in [-0.2, -0.15) is 4.98 Å². The van der Waals surface area contributed by atoms with Gasteiger partial charge in [0.15, 0.2) is 5.82 Å². The molecule has 7 nitrogen and oxygen atoms in total. The summed E-state index contributed by atoms with van der Waals surface area (Å²) in [5.41, 5.74) is 0.579. The Morgan fingerprint density at radius 3 is 2.48 bits per heavy atom. The third-order valence-electron chi connectivity index (χ3n) is 6.26. The molecule has 2 saturated heterocycles. The van der Waals surface area contributed by atoms with E-state index in [4.69, 9.17) is 16.1 Å². The number of pyridine rings is 1. The number of aromatic nitrogens is 3. The molecule has 0 bridgehead atoms. The maximum Gasteiger partial charge on any atom is 0.255 e. The first kappa shape index (κ1) is 18.9. The Balaban J connectivity index is 1.22. The number of nitrogens with zero attached hydrogens (tertiary/aromatic N) is 5. The molecule has 0 spiro atoms. The summed E-state index contributed by atoms with van der Waals surface area (Å²) in [4.78, 5) is 25.9. The van der Waals surface area contributed by atoms with Crippen LogP contribution in [0.15, 0.2) is 16.8 Å². The largest absolute Gasteiger partial charge is 0.355 e. The van der Waals surface area contributed by atoms with E-state index in [1.807, 2.05) is 4.90 Å². The summed E-state index contributed by atoms with van der Waals surface area (Å²) in [6, 6.07) is 1.77. The summed E-state index contributed by atoms with van der Waals surface area (Å²) in [5, 5.41) is 4.75. The monoisotopic (exact) mass is 415 g/mol. The summed E-state index contributed by atoms with van der Waals surface area (Å²) in [6.45, 7) is 3.32. The van der Waals surface area contributed by atoms with E-state index in [-0.39, 0.29) is 5.91 Å². The van der Waals surface area contributed by atoms with Gasteiger partial charge in [-0.25, -0.2) is 4.98 Å². The molecule has 0 radical (unpaired) electrons. The zero-order valence-electron chi connectivity index (χ0n) is 16.5. The van der Waals surface area contributed by atoms with Crippen molar-refractivity contribution in [1.82, 2.24) is 20.0 Å². The zero-order chi connectivity index (χ0) is 19.8. The molecule has 0 atom stereocenters. The molecule has 0 aromatic carbocycles. The van der Waals surface area contributed by atoms with Gasteiger partial charge in [0.25, 0.3) is 5.91 Å². The third-order valence-corrected chi connectivity index (χ3v) is 6.53. The first-order valence-electron chi connectivity index (χ1n) is 10.7. The minimum atomic E-state index is 0.0351. The van der Waals surface area contributed by atoms with Gasteiger partial charge in [-0.3, -0.25) is 4.79 Å². The van der Waals surface area contributed by atoms with Crippen LogP contribution in [-0.2, 0) is 0 Å². The minimum Gasteiger partial charge on any atom is -0.355 e. The Bertz CT molecular complexity index is 883. The van der Waals surface area contributed by atoms with Crippen molar-refractivity contribution >= 4 is 23.3 Å². The van der Waals surface area contributed by atoms with E-state index < -0.39 is 0 Å². The van der Waals surface area contributed by atoms with Gasteiger partial charge in [0, 0.05) is 44.2 Å². The molecular weight excluding hydrogens is 390 g/mol. The summed E-state index contributed by atoms with van der Waals surface area (Å²) in [5.74, 6) is 3.25. The highest BCUT2D eigenvalue weighted by Gasteiger charge is 2.32. The van der Waals surface area contributed by atoms with Crippen LogP contribution in [0, 0.1) is 0 Å². The minimum absolute atomic E-state index is 0.0351. The fourth-order valence-corrected chi connectivity index (χ4v) is 4.60. The van der Waals surface area contributed by atoms with E-state index in [9.17, 15) is 4.79 Å². The van der Waals surface area contributed by atoms with Crippen LogP contribution in [0.2, 0.25) is 5.02 Å². The van der Waals surface area contributed by atoms with Crippen molar-refractivity contribution in [3.05, 3.63) is 34.6 Å². The Hall–Kier alpha value is -2.15. The zero-order valence-corrected chi connectivity index (χ0v) is 17.3. The molecule has 2 aliphatic heterocycles. The van der Waals surface area contributed by atoms with E-state index in [1.54, 1.807) is 12.3 Å². The summed E-state index contributed by atoms with van der Waals surface area (Å²) in [7, 11) is 0. The molecule has 4 heterocycles. The second-order valence-electron chi connectivity index (χ2n) is 8.41. The van der Waals surface area contributed by atoms with E-state index >= 15 is 0 Å². The molecule has 8 heteroatoms. The van der Waals surface area contributed by atoms with Crippen LogP contribution >= 0.6 is 11.6 Å². The number of likely N-dealkylation sites (tertiary alicyclic amines) is 1. The van der Waals surface area contributed by atoms with Crippen molar-refractivity contribution in [2.45, 2.75) is 56.8 Å². The maximum atomic E-state index is 12.7. The quantitative estimate of drug-likeness (QED) is 0.751. The van der Waals surface area contributed by atoms with Crippen LogP contribution in [0.5, 0.6) is 0 Å².